The van der Waals surface area contributed by atoms with Crippen LogP contribution in [0.25, 0.3) is 0 Å². The first kappa shape index (κ1) is 15.3. The van der Waals surface area contributed by atoms with Crippen molar-refractivity contribution in [3.63, 3.8) is 0 Å². The normalized spacial score (nSPS) is 34.6. The van der Waals surface area contributed by atoms with Gasteiger partial charge in [0, 0.05) is 32.2 Å². The van der Waals surface area contributed by atoms with Crippen molar-refractivity contribution in [3.05, 3.63) is 0 Å². The lowest BCUT2D eigenvalue weighted by Crippen LogP contribution is -2.54. The van der Waals surface area contributed by atoms with Gasteiger partial charge in [0.25, 0.3) is 0 Å². The lowest BCUT2D eigenvalue weighted by molar-refractivity contribution is 0.0374. The maximum atomic E-state index is 6.04. The van der Waals surface area contributed by atoms with Gasteiger partial charge in [0.15, 0.2) is 0 Å². The smallest absolute Gasteiger partial charge is 0.0139 e. The summed E-state index contributed by atoms with van der Waals surface area (Å²) in [6, 6.07) is 0.773. The third kappa shape index (κ3) is 3.93. The molecular formula is C16H33N3. The van der Waals surface area contributed by atoms with E-state index in [1.54, 1.807) is 0 Å². The van der Waals surface area contributed by atoms with Crippen LogP contribution >= 0.6 is 0 Å². The first-order chi connectivity index (χ1) is 9.28. The van der Waals surface area contributed by atoms with Crippen molar-refractivity contribution in [1.82, 2.24) is 9.80 Å². The zero-order chi connectivity index (χ0) is 13.7. The molecule has 19 heavy (non-hydrogen) atoms. The van der Waals surface area contributed by atoms with Gasteiger partial charge in [-0.3, -0.25) is 4.90 Å². The van der Waals surface area contributed by atoms with E-state index >= 15 is 0 Å². The van der Waals surface area contributed by atoms with Crippen molar-refractivity contribution in [2.45, 2.75) is 52.0 Å². The standard InChI is InChI=1S/C16H33N3/c1-3-5-14-6-7-15(13-17)16(12-14)19-10-8-18(4-2)9-11-19/h14-16H,3-13,17H2,1-2H3. The molecule has 112 valence electrons. The van der Waals surface area contributed by atoms with E-state index in [9.17, 15) is 0 Å². The second kappa shape index (κ2) is 7.61. The Morgan fingerprint density at radius 3 is 2.37 bits per heavy atom. The molecule has 3 nitrogen and oxygen atoms in total. The van der Waals surface area contributed by atoms with Crippen molar-refractivity contribution in [2.75, 3.05) is 39.3 Å². The fourth-order valence-electron chi connectivity index (χ4n) is 4.10. The predicted molar refractivity (Wildman–Crippen MR) is 82.3 cm³/mol. The van der Waals surface area contributed by atoms with Gasteiger partial charge in [-0.25, -0.2) is 0 Å². The first-order valence-electron chi connectivity index (χ1n) is 8.44. The largest absolute Gasteiger partial charge is 0.330 e. The van der Waals surface area contributed by atoms with Gasteiger partial charge in [-0.2, -0.15) is 0 Å². The zero-order valence-electron chi connectivity index (χ0n) is 13.0. The van der Waals surface area contributed by atoms with E-state index in [1.807, 2.05) is 0 Å². The number of rotatable bonds is 5. The minimum absolute atomic E-state index is 0.751. The van der Waals surface area contributed by atoms with Crippen LogP contribution in [0.3, 0.4) is 0 Å². The van der Waals surface area contributed by atoms with Crippen molar-refractivity contribution in [3.8, 4) is 0 Å². The van der Waals surface area contributed by atoms with Gasteiger partial charge in [0.2, 0.25) is 0 Å². The number of hydrogen-bond acceptors (Lipinski definition) is 3. The monoisotopic (exact) mass is 267 g/mol. The number of hydrogen-bond donors (Lipinski definition) is 1. The summed E-state index contributed by atoms with van der Waals surface area (Å²) < 4.78 is 0. The van der Waals surface area contributed by atoms with E-state index in [0.29, 0.717) is 0 Å². The Labute approximate surface area is 119 Å². The third-order valence-corrected chi connectivity index (χ3v) is 5.39. The summed E-state index contributed by atoms with van der Waals surface area (Å²) in [7, 11) is 0. The van der Waals surface area contributed by atoms with Gasteiger partial charge in [-0.05, 0) is 37.8 Å². The molecule has 2 aliphatic rings. The average molecular weight is 267 g/mol. The second-order valence-corrected chi connectivity index (χ2v) is 6.50. The summed E-state index contributed by atoms with van der Waals surface area (Å²) >= 11 is 0. The number of likely N-dealkylation sites (N-methyl/N-ethyl adjacent to an activating group) is 1. The second-order valence-electron chi connectivity index (χ2n) is 6.50. The van der Waals surface area contributed by atoms with E-state index in [4.69, 9.17) is 5.73 Å². The van der Waals surface area contributed by atoms with E-state index in [2.05, 4.69) is 23.6 Å². The highest BCUT2D eigenvalue weighted by atomic mass is 15.3. The quantitative estimate of drug-likeness (QED) is 0.828. The molecule has 0 radical (unpaired) electrons. The Morgan fingerprint density at radius 1 is 1.05 bits per heavy atom. The van der Waals surface area contributed by atoms with Crippen LogP contribution in [0.5, 0.6) is 0 Å². The topological polar surface area (TPSA) is 32.5 Å². The van der Waals surface area contributed by atoms with E-state index in [0.717, 1.165) is 24.4 Å². The zero-order valence-corrected chi connectivity index (χ0v) is 13.0. The summed E-state index contributed by atoms with van der Waals surface area (Å²) in [5.41, 5.74) is 6.04. The molecule has 0 spiro atoms. The molecule has 1 aliphatic carbocycles. The molecule has 0 aromatic rings. The van der Waals surface area contributed by atoms with Crippen molar-refractivity contribution >= 4 is 0 Å². The molecule has 3 heteroatoms. The number of nitrogens with two attached hydrogens (primary N) is 1. The van der Waals surface area contributed by atoms with E-state index < -0.39 is 0 Å². The van der Waals surface area contributed by atoms with Gasteiger partial charge in [0.1, 0.15) is 0 Å². The van der Waals surface area contributed by atoms with Gasteiger partial charge in [-0.1, -0.05) is 33.1 Å². The number of nitrogens with zero attached hydrogens (tertiary/aromatic N) is 2. The fraction of sp³-hybridized carbons (Fsp3) is 1.00. The Hall–Kier alpha value is -0.120. The van der Waals surface area contributed by atoms with Crippen molar-refractivity contribution in [1.29, 1.82) is 0 Å². The van der Waals surface area contributed by atoms with E-state index in [1.165, 1.54) is 64.8 Å². The number of piperazine rings is 1. The minimum atomic E-state index is 0.751. The Kier molecular flexibility index (Phi) is 6.11. The highest BCUT2D eigenvalue weighted by Gasteiger charge is 2.34. The van der Waals surface area contributed by atoms with Crippen molar-refractivity contribution < 1.29 is 0 Å². The van der Waals surface area contributed by atoms with Gasteiger partial charge in [-0.15, -0.1) is 0 Å². The van der Waals surface area contributed by atoms with Crippen LogP contribution in [0.4, 0.5) is 0 Å². The summed E-state index contributed by atoms with van der Waals surface area (Å²) in [6.07, 6.45) is 6.94. The third-order valence-electron chi connectivity index (χ3n) is 5.39. The Balaban J connectivity index is 1.90. The molecule has 1 heterocycles. The minimum Gasteiger partial charge on any atom is -0.330 e. The van der Waals surface area contributed by atoms with Crippen LogP contribution in [0.1, 0.15) is 46.0 Å². The molecule has 0 amide bonds. The maximum absolute atomic E-state index is 6.04. The summed E-state index contributed by atoms with van der Waals surface area (Å²) in [5.74, 6) is 1.71. The van der Waals surface area contributed by atoms with Crippen LogP contribution in [0, 0.1) is 11.8 Å². The fourth-order valence-corrected chi connectivity index (χ4v) is 4.10. The molecule has 3 atom stereocenters. The van der Waals surface area contributed by atoms with Crippen molar-refractivity contribution in [2.24, 2.45) is 17.6 Å². The maximum Gasteiger partial charge on any atom is 0.0139 e. The van der Waals surface area contributed by atoms with Gasteiger partial charge >= 0.3 is 0 Å². The van der Waals surface area contributed by atoms with Gasteiger partial charge in [0.05, 0.1) is 0 Å². The molecule has 1 aliphatic heterocycles. The Bertz CT molecular complexity index is 248. The Morgan fingerprint density at radius 2 is 1.79 bits per heavy atom. The summed E-state index contributed by atoms with van der Waals surface area (Å²) in [4.78, 5) is 5.33. The summed E-state index contributed by atoms with van der Waals surface area (Å²) in [5, 5.41) is 0. The highest BCUT2D eigenvalue weighted by Crippen LogP contribution is 2.34. The molecule has 0 aromatic heterocycles. The highest BCUT2D eigenvalue weighted by molar-refractivity contribution is 4.89. The molecule has 2 N–H and O–H groups in total. The van der Waals surface area contributed by atoms with E-state index in [-0.39, 0.29) is 0 Å². The molecule has 3 unspecified atom stereocenters. The van der Waals surface area contributed by atoms with Crippen LogP contribution in [-0.2, 0) is 0 Å². The molecular weight excluding hydrogens is 234 g/mol. The van der Waals surface area contributed by atoms with Crippen LogP contribution in [0.2, 0.25) is 0 Å². The molecule has 0 bridgehead atoms. The first-order valence-corrected chi connectivity index (χ1v) is 8.44. The van der Waals surface area contributed by atoms with Crippen LogP contribution in [-0.4, -0.2) is 55.1 Å². The molecule has 2 rings (SSSR count). The average Bonchev–Trinajstić information content (AvgIpc) is 2.47. The van der Waals surface area contributed by atoms with Gasteiger partial charge < -0.3 is 10.6 Å². The van der Waals surface area contributed by atoms with Crippen LogP contribution in [0.15, 0.2) is 0 Å². The SMILES string of the molecule is CCCC1CCC(CN)C(N2CCN(CC)CC2)C1. The molecule has 1 saturated heterocycles. The van der Waals surface area contributed by atoms with Crippen LogP contribution < -0.4 is 5.73 Å². The molecule has 1 saturated carbocycles. The molecule has 0 aromatic carbocycles. The predicted octanol–water partition coefficient (Wildman–Crippen LogP) is 2.17. The lowest BCUT2D eigenvalue weighted by Gasteiger charge is -2.46. The lowest BCUT2D eigenvalue weighted by atomic mass is 9.76. The summed E-state index contributed by atoms with van der Waals surface area (Å²) in [6.45, 7) is 11.7. The molecule has 2 fully saturated rings.